The van der Waals surface area contributed by atoms with Gasteiger partial charge in [-0.1, -0.05) is 12.1 Å². The number of nitrogens with one attached hydrogen (secondary N) is 1. The van der Waals surface area contributed by atoms with Crippen molar-refractivity contribution in [2.45, 2.75) is 13.3 Å². The number of imidazole rings is 1. The molecular weight excluding hydrogens is 254 g/mol. The average molecular weight is 269 g/mol. The average Bonchev–Trinajstić information content (AvgIpc) is 2.82. The summed E-state index contributed by atoms with van der Waals surface area (Å²) in [6.45, 7) is 1.85. The topological polar surface area (TPSA) is 59.4 Å². The number of methoxy groups -OCH3 is 1. The van der Waals surface area contributed by atoms with Gasteiger partial charge in [-0.15, -0.1) is 0 Å². The van der Waals surface area contributed by atoms with Crippen molar-refractivity contribution in [3.63, 3.8) is 0 Å². The van der Waals surface area contributed by atoms with Gasteiger partial charge in [-0.2, -0.15) is 0 Å². The van der Waals surface area contributed by atoms with Crippen molar-refractivity contribution >= 4 is 5.52 Å². The van der Waals surface area contributed by atoms with Crippen LogP contribution in [-0.2, 0) is 6.42 Å². The molecule has 3 aromatic rings. The van der Waals surface area contributed by atoms with E-state index >= 15 is 0 Å². The summed E-state index contributed by atoms with van der Waals surface area (Å²) in [5, 5.41) is 0. The molecular formula is C15H15N3O2. The summed E-state index contributed by atoms with van der Waals surface area (Å²) in [6, 6.07) is 7.77. The van der Waals surface area contributed by atoms with Crippen molar-refractivity contribution in [3.05, 3.63) is 64.1 Å². The highest BCUT2D eigenvalue weighted by molar-refractivity contribution is 5.52. The smallest absolute Gasteiger partial charge is 0.274 e. The Labute approximate surface area is 115 Å². The molecule has 1 N–H and O–H groups in total. The number of benzene rings is 1. The van der Waals surface area contributed by atoms with Gasteiger partial charge < -0.3 is 9.72 Å². The number of H-pyrrole nitrogens is 1. The lowest BCUT2D eigenvalue weighted by Crippen LogP contribution is -2.12. The Kier molecular flexibility index (Phi) is 3.02. The molecule has 0 unspecified atom stereocenters. The Bertz CT molecular complexity index is 800. The number of ether oxygens (including phenoxy) is 1. The van der Waals surface area contributed by atoms with Gasteiger partial charge in [0.25, 0.3) is 5.56 Å². The zero-order valence-electron chi connectivity index (χ0n) is 11.4. The minimum Gasteiger partial charge on any atom is -0.497 e. The van der Waals surface area contributed by atoms with Gasteiger partial charge in [0.1, 0.15) is 11.3 Å². The summed E-state index contributed by atoms with van der Waals surface area (Å²) in [7, 11) is 1.64. The molecule has 0 aliphatic heterocycles. The molecule has 102 valence electrons. The van der Waals surface area contributed by atoms with E-state index in [1.165, 1.54) is 0 Å². The molecule has 2 aromatic heterocycles. The van der Waals surface area contributed by atoms with Crippen LogP contribution in [0.25, 0.3) is 5.52 Å². The third-order valence-electron chi connectivity index (χ3n) is 3.26. The van der Waals surface area contributed by atoms with E-state index in [4.69, 9.17) is 4.74 Å². The van der Waals surface area contributed by atoms with Crippen molar-refractivity contribution in [1.29, 1.82) is 0 Å². The van der Waals surface area contributed by atoms with E-state index < -0.39 is 0 Å². The summed E-state index contributed by atoms with van der Waals surface area (Å²) in [5.41, 5.74) is 3.18. The number of hydrogen-bond donors (Lipinski definition) is 1. The minimum absolute atomic E-state index is 0.106. The molecule has 3 rings (SSSR count). The maximum Gasteiger partial charge on any atom is 0.274 e. The monoisotopic (exact) mass is 269 g/mol. The van der Waals surface area contributed by atoms with Crippen LogP contribution in [0.1, 0.15) is 17.0 Å². The summed E-state index contributed by atoms with van der Waals surface area (Å²) >= 11 is 0. The summed E-state index contributed by atoms with van der Waals surface area (Å²) in [4.78, 5) is 19.2. The van der Waals surface area contributed by atoms with E-state index in [-0.39, 0.29) is 5.56 Å². The number of hydrogen-bond acceptors (Lipinski definition) is 3. The number of fused-ring (bicyclic) bond motifs is 1. The maximum atomic E-state index is 12.0. The lowest BCUT2D eigenvalue weighted by Gasteiger charge is -2.02. The molecule has 0 radical (unpaired) electrons. The van der Waals surface area contributed by atoms with Crippen LogP contribution in [0, 0.1) is 6.92 Å². The van der Waals surface area contributed by atoms with Crippen LogP contribution in [0.3, 0.4) is 0 Å². The number of aromatic nitrogens is 3. The van der Waals surface area contributed by atoms with E-state index in [0.717, 1.165) is 22.7 Å². The highest BCUT2D eigenvalue weighted by Gasteiger charge is 2.09. The Morgan fingerprint density at radius 2 is 2.05 bits per heavy atom. The number of rotatable bonds is 3. The number of nitrogens with zero attached hydrogens (tertiary/aromatic N) is 2. The molecule has 20 heavy (non-hydrogen) atoms. The van der Waals surface area contributed by atoms with Crippen LogP contribution in [0.4, 0.5) is 0 Å². The second kappa shape index (κ2) is 4.85. The van der Waals surface area contributed by atoms with E-state index in [0.29, 0.717) is 11.9 Å². The Morgan fingerprint density at radius 3 is 2.75 bits per heavy atom. The first-order chi connectivity index (χ1) is 9.67. The van der Waals surface area contributed by atoms with Crippen molar-refractivity contribution < 1.29 is 4.74 Å². The molecule has 1 aromatic carbocycles. The molecule has 0 saturated heterocycles. The Balaban J connectivity index is 2.00. The summed E-state index contributed by atoms with van der Waals surface area (Å²) in [6.07, 6.45) is 4.16. The first-order valence-electron chi connectivity index (χ1n) is 6.36. The quantitative estimate of drug-likeness (QED) is 0.790. The second-order valence-corrected chi connectivity index (χ2v) is 4.74. The molecule has 5 heteroatoms. The lowest BCUT2D eigenvalue weighted by atomic mass is 10.1. The molecule has 0 amide bonds. The highest BCUT2D eigenvalue weighted by Crippen LogP contribution is 2.15. The van der Waals surface area contributed by atoms with Crippen LogP contribution in [0.5, 0.6) is 5.75 Å². The van der Waals surface area contributed by atoms with Crippen LogP contribution in [-0.4, -0.2) is 21.5 Å². The van der Waals surface area contributed by atoms with Gasteiger partial charge in [-0.3, -0.25) is 9.20 Å². The maximum absolute atomic E-state index is 12.0. The van der Waals surface area contributed by atoms with Crippen molar-refractivity contribution in [2.75, 3.05) is 7.11 Å². The molecule has 0 fully saturated rings. The summed E-state index contributed by atoms with van der Waals surface area (Å²) < 4.78 is 6.90. The third kappa shape index (κ3) is 2.18. The highest BCUT2D eigenvalue weighted by atomic mass is 16.5. The molecule has 0 aliphatic carbocycles. The van der Waals surface area contributed by atoms with Crippen molar-refractivity contribution in [3.8, 4) is 5.75 Å². The minimum atomic E-state index is -0.106. The van der Waals surface area contributed by atoms with Crippen LogP contribution < -0.4 is 10.3 Å². The lowest BCUT2D eigenvalue weighted by molar-refractivity contribution is 0.414. The zero-order valence-corrected chi connectivity index (χ0v) is 11.4. The first kappa shape index (κ1) is 12.5. The molecule has 0 aliphatic rings. The molecule has 0 spiro atoms. The van der Waals surface area contributed by atoms with Gasteiger partial charge in [0, 0.05) is 18.3 Å². The second-order valence-electron chi connectivity index (χ2n) is 4.74. The van der Waals surface area contributed by atoms with Crippen LogP contribution in [0.2, 0.25) is 0 Å². The molecule has 0 atom stereocenters. The Hall–Kier alpha value is -2.56. The molecule has 0 bridgehead atoms. The van der Waals surface area contributed by atoms with Gasteiger partial charge in [0.05, 0.1) is 19.1 Å². The summed E-state index contributed by atoms with van der Waals surface area (Å²) in [5.74, 6) is 0.817. The van der Waals surface area contributed by atoms with Gasteiger partial charge >= 0.3 is 0 Å². The third-order valence-corrected chi connectivity index (χ3v) is 3.26. The molecule has 5 nitrogen and oxygen atoms in total. The van der Waals surface area contributed by atoms with Crippen LogP contribution in [0.15, 0.2) is 41.6 Å². The largest absolute Gasteiger partial charge is 0.497 e. The number of aromatic amines is 1. The first-order valence-corrected chi connectivity index (χ1v) is 6.36. The van der Waals surface area contributed by atoms with Crippen LogP contribution >= 0.6 is 0 Å². The fourth-order valence-corrected chi connectivity index (χ4v) is 2.29. The predicted octanol–water partition coefficient (Wildman–Crippen LogP) is 1.93. The molecule has 2 heterocycles. The number of aryl methyl sites for hydroxylation is 1. The van der Waals surface area contributed by atoms with Gasteiger partial charge in [-0.25, -0.2) is 4.98 Å². The van der Waals surface area contributed by atoms with Gasteiger partial charge in [0.15, 0.2) is 0 Å². The van der Waals surface area contributed by atoms with Gasteiger partial charge in [0.2, 0.25) is 0 Å². The standard InChI is InChI=1S/C15H15N3O2/c1-10-8-18-9-16-13(14(18)15(19)17-10)7-11-3-5-12(20-2)6-4-11/h3-6,8-9H,7H2,1-2H3,(H,17,19). The van der Waals surface area contributed by atoms with E-state index in [1.54, 1.807) is 17.8 Å². The fourth-order valence-electron chi connectivity index (χ4n) is 2.29. The normalized spacial score (nSPS) is 10.9. The molecule has 0 saturated carbocycles. The fraction of sp³-hybridized carbons (Fsp3) is 0.200. The van der Waals surface area contributed by atoms with E-state index in [2.05, 4.69) is 9.97 Å². The van der Waals surface area contributed by atoms with E-state index in [1.807, 2.05) is 37.4 Å². The SMILES string of the molecule is COc1ccc(Cc2ncn3cc(C)[nH]c(=O)c23)cc1. The van der Waals surface area contributed by atoms with Crippen molar-refractivity contribution in [1.82, 2.24) is 14.4 Å². The Morgan fingerprint density at radius 1 is 1.30 bits per heavy atom. The van der Waals surface area contributed by atoms with Gasteiger partial charge in [-0.05, 0) is 24.6 Å². The van der Waals surface area contributed by atoms with E-state index in [9.17, 15) is 4.79 Å². The van der Waals surface area contributed by atoms with Crippen molar-refractivity contribution in [2.24, 2.45) is 0 Å². The zero-order chi connectivity index (χ0) is 14.1. The predicted molar refractivity (Wildman–Crippen MR) is 76.3 cm³/mol.